The highest BCUT2D eigenvalue weighted by molar-refractivity contribution is 6.30. The van der Waals surface area contributed by atoms with Crippen LogP contribution >= 0.6 is 11.6 Å². The lowest BCUT2D eigenvalue weighted by Gasteiger charge is -2.10. The Balaban J connectivity index is 1.79. The lowest BCUT2D eigenvalue weighted by Crippen LogP contribution is -2.07. The monoisotopic (exact) mass is 321 g/mol. The van der Waals surface area contributed by atoms with E-state index in [0.717, 1.165) is 16.7 Å². The quantitative estimate of drug-likeness (QED) is 0.620. The summed E-state index contributed by atoms with van der Waals surface area (Å²) in [5, 5.41) is 0.657. The second kappa shape index (κ2) is 7.12. The minimum Gasteiger partial charge on any atom is -0.457 e. The van der Waals surface area contributed by atoms with Crippen LogP contribution in [0.2, 0.25) is 5.02 Å². The number of rotatable bonds is 4. The molecular formula is C20H14ClO2. The van der Waals surface area contributed by atoms with Gasteiger partial charge in [-0.15, -0.1) is 0 Å². The third kappa shape index (κ3) is 3.79. The molecule has 0 aromatic heterocycles. The molecule has 3 aromatic rings. The molecule has 3 rings (SSSR count). The van der Waals surface area contributed by atoms with Crippen LogP contribution in [0.15, 0.2) is 72.8 Å². The Morgan fingerprint density at radius 3 is 2.48 bits per heavy atom. The van der Waals surface area contributed by atoms with Gasteiger partial charge in [0.1, 0.15) is 6.61 Å². The summed E-state index contributed by atoms with van der Waals surface area (Å²) < 4.78 is 5.41. The number of ether oxygens (including phenoxy) is 1. The zero-order valence-corrected chi connectivity index (χ0v) is 13.1. The molecule has 0 unspecified atom stereocenters. The van der Waals surface area contributed by atoms with Crippen LogP contribution in [0.3, 0.4) is 0 Å². The van der Waals surface area contributed by atoms with Gasteiger partial charge in [0, 0.05) is 5.02 Å². The standard InChI is InChI=1S/C20H14ClO2/c21-17-12-10-15(11-13-17)14-23-20(22)19-9-5-4-8-18(19)16-6-2-1-3-7-16/h1-4,6-13H,14H2. The number of esters is 1. The average Bonchev–Trinajstić information content (AvgIpc) is 2.62. The summed E-state index contributed by atoms with van der Waals surface area (Å²) in [5.41, 5.74) is 3.21. The van der Waals surface area contributed by atoms with E-state index in [4.69, 9.17) is 16.3 Å². The highest BCUT2D eigenvalue weighted by Crippen LogP contribution is 2.24. The van der Waals surface area contributed by atoms with E-state index < -0.39 is 0 Å². The molecule has 0 bridgehead atoms. The molecule has 0 aliphatic carbocycles. The van der Waals surface area contributed by atoms with Gasteiger partial charge in [-0.3, -0.25) is 0 Å². The van der Waals surface area contributed by atoms with Crippen LogP contribution < -0.4 is 0 Å². The van der Waals surface area contributed by atoms with E-state index in [1.165, 1.54) is 0 Å². The second-order valence-corrected chi connectivity index (χ2v) is 5.48. The molecule has 3 aromatic carbocycles. The molecule has 23 heavy (non-hydrogen) atoms. The van der Waals surface area contributed by atoms with Gasteiger partial charge in [0.15, 0.2) is 0 Å². The van der Waals surface area contributed by atoms with Gasteiger partial charge in [-0.2, -0.15) is 0 Å². The van der Waals surface area contributed by atoms with Gasteiger partial charge in [-0.1, -0.05) is 66.2 Å². The Morgan fingerprint density at radius 1 is 1.00 bits per heavy atom. The molecule has 0 spiro atoms. The fourth-order valence-corrected chi connectivity index (χ4v) is 2.40. The Kier molecular flexibility index (Phi) is 4.74. The number of halogens is 1. The van der Waals surface area contributed by atoms with Gasteiger partial charge in [-0.25, -0.2) is 4.79 Å². The first kappa shape index (κ1) is 15.3. The molecule has 0 saturated heterocycles. The third-order valence-corrected chi connectivity index (χ3v) is 3.70. The highest BCUT2D eigenvalue weighted by Gasteiger charge is 2.13. The lowest BCUT2D eigenvalue weighted by atomic mass is 10.00. The summed E-state index contributed by atoms with van der Waals surface area (Å²) in [6, 6.07) is 25.2. The van der Waals surface area contributed by atoms with Crippen molar-refractivity contribution in [3.05, 3.63) is 95.0 Å². The number of carbonyl (C=O) groups is 1. The normalized spacial score (nSPS) is 10.3. The Bertz CT molecular complexity index is 795. The first-order chi connectivity index (χ1) is 11.2. The minimum atomic E-state index is -0.365. The predicted octanol–water partition coefficient (Wildman–Crippen LogP) is 5.16. The molecule has 0 heterocycles. The molecule has 0 N–H and O–H groups in total. The maximum Gasteiger partial charge on any atom is 0.339 e. The van der Waals surface area contributed by atoms with E-state index in [0.29, 0.717) is 10.6 Å². The fourth-order valence-electron chi connectivity index (χ4n) is 2.28. The summed E-state index contributed by atoms with van der Waals surface area (Å²) in [5.74, 6) is -0.365. The van der Waals surface area contributed by atoms with Gasteiger partial charge < -0.3 is 4.74 Å². The summed E-state index contributed by atoms with van der Waals surface area (Å²) in [6.45, 7) is 0.207. The molecule has 0 amide bonds. The number of benzene rings is 3. The van der Waals surface area contributed by atoms with Gasteiger partial charge in [-0.05, 0) is 41.0 Å². The zero-order valence-electron chi connectivity index (χ0n) is 12.3. The van der Waals surface area contributed by atoms with Crippen LogP contribution in [-0.4, -0.2) is 5.97 Å². The maximum atomic E-state index is 12.4. The number of carbonyl (C=O) groups excluding carboxylic acids is 1. The van der Waals surface area contributed by atoms with Crippen molar-refractivity contribution in [1.29, 1.82) is 0 Å². The molecule has 0 aliphatic heterocycles. The van der Waals surface area contributed by atoms with E-state index >= 15 is 0 Å². The van der Waals surface area contributed by atoms with Crippen molar-refractivity contribution < 1.29 is 9.53 Å². The van der Waals surface area contributed by atoms with Crippen LogP contribution in [0, 0.1) is 6.07 Å². The molecule has 0 saturated carbocycles. The Morgan fingerprint density at radius 2 is 1.74 bits per heavy atom. The highest BCUT2D eigenvalue weighted by atomic mass is 35.5. The smallest absolute Gasteiger partial charge is 0.339 e. The summed E-state index contributed by atoms with van der Waals surface area (Å²) >= 11 is 5.85. The van der Waals surface area contributed by atoms with E-state index in [9.17, 15) is 4.79 Å². The van der Waals surface area contributed by atoms with Crippen molar-refractivity contribution in [2.45, 2.75) is 6.61 Å². The lowest BCUT2D eigenvalue weighted by molar-refractivity contribution is 0.0473. The molecule has 1 radical (unpaired) electrons. The van der Waals surface area contributed by atoms with Crippen LogP contribution in [0.5, 0.6) is 0 Å². The molecular weight excluding hydrogens is 308 g/mol. The van der Waals surface area contributed by atoms with Gasteiger partial charge in [0.25, 0.3) is 0 Å². The van der Waals surface area contributed by atoms with Crippen molar-refractivity contribution in [3.8, 4) is 11.1 Å². The Labute approximate surface area is 140 Å². The topological polar surface area (TPSA) is 26.3 Å². The van der Waals surface area contributed by atoms with Gasteiger partial charge in [0.2, 0.25) is 0 Å². The fraction of sp³-hybridized carbons (Fsp3) is 0.0500. The van der Waals surface area contributed by atoms with Crippen LogP contribution in [0.1, 0.15) is 15.9 Å². The largest absolute Gasteiger partial charge is 0.457 e. The van der Waals surface area contributed by atoms with Gasteiger partial charge in [0.05, 0.1) is 5.56 Å². The molecule has 113 valence electrons. The summed E-state index contributed by atoms with van der Waals surface area (Å²) in [4.78, 5) is 12.4. The molecule has 0 aliphatic rings. The molecule has 0 atom stereocenters. The molecule has 2 nitrogen and oxygen atoms in total. The van der Waals surface area contributed by atoms with E-state index in [2.05, 4.69) is 6.07 Å². The minimum absolute atomic E-state index is 0.207. The van der Waals surface area contributed by atoms with Crippen LogP contribution in [0.4, 0.5) is 0 Å². The van der Waals surface area contributed by atoms with Crippen molar-refractivity contribution in [3.63, 3.8) is 0 Å². The van der Waals surface area contributed by atoms with Gasteiger partial charge >= 0.3 is 5.97 Å². The van der Waals surface area contributed by atoms with E-state index in [1.54, 1.807) is 24.3 Å². The molecule has 3 heteroatoms. The van der Waals surface area contributed by atoms with Crippen LogP contribution in [0.25, 0.3) is 11.1 Å². The van der Waals surface area contributed by atoms with E-state index in [-0.39, 0.29) is 12.6 Å². The SMILES string of the molecule is O=C(OCc1ccc(Cl)cc1)c1c[c]ccc1-c1ccccc1. The van der Waals surface area contributed by atoms with E-state index in [1.807, 2.05) is 48.5 Å². The average molecular weight is 322 g/mol. The Hall–Kier alpha value is -2.58. The first-order valence-electron chi connectivity index (χ1n) is 7.21. The first-order valence-corrected chi connectivity index (χ1v) is 7.59. The van der Waals surface area contributed by atoms with Crippen molar-refractivity contribution >= 4 is 17.6 Å². The van der Waals surface area contributed by atoms with Crippen molar-refractivity contribution in [1.82, 2.24) is 0 Å². The van der Waals surface area contributed by atoms with Crippen LogP contribution in [-0.2, 0) is 11.3 Å². The number of hydrogen-bond donors (Lipinski definition) is 0. The van der Waals surface area contributed by atoms with Crippen molar-refractivity contribution in [2.75, 3.05) is 0 Å². The summed E-state index contributed by atoms with van der Waals surface area (Å²) in [7, 11) is 0. The maximum absolute atomic E-state index is 12.4. The second-order valence-electron chi connectivity index (χ2n) is 5.04. The predicted molar refractivity (Wildman–Crippen MR) is 91.3 cm³/mol. The summed E-state index contributed by atoms with van der Waals surface area (Å²) in [6.07, 6.45) is 0. The van der Waals surface area contributed by atoms with Crippen molar-refractivity contribution in [2.24, 2.45) is 0 Å². The molecule has 0 fully saturated rings. The number of hydrogen-bond acceptors (Lipinski definition) is 2. The third-order valence-electron chi connectivity index (χ3n) is 3.45. The zero-order chi connectivity index (χ0) is 16.1.